The van der Waals surface area contributed by atoms with E-state index < -0.39 is 10.0 Å². The summed E-state index contributed by atoms with van der Waals surface area (Å²) >= 11 is 0. The van der Waals surface area contributed by atoms with Crippen molar-refractivity contribution in [2.45, 2.75) is 37.5 Å². The Bertz CT molecular complexity index is 611. The monoisotopic (exact) mass is 300 g/mol. The molecule has 0 saturated heterocycles. The molecule has 0 amide bonds. The van der Waals surface area contributed by atoms with E-state index in [1.165, 1.54) is 12.8 Å². The molecule has 0 aliphatic heterocycles. The Hall–Kier alpha value is -0.360. The summed E-state index contributed by atoms with van der Waals surface area (Å²) in [4.78, 5) is 3.83. The average Bonchev–Trinajstić information content (AvgIpc) is 3.16. The largest absolute Gasteiger partial charge is 1.00 e. The second-order valence-corrected chi connectivity index (χ2v) is 7.04. The minimum atomic E-state index is -3.64. The number of hydrogen-bond donors (Lipinski definition) is 0. The molecule has 6 heteroatoms. The zero-order chi connectivity index (χ0) is 13.5. The number of aryl methyl sites for hydroxylation is 1. The molecule has 102 valence electrons. The first-order chi connectivity index (χ1) is 9.06. The zero-order valence-corrected chi connectivity index (χ0v) is 14.7. The number of rotatable bonds is 3. The van der Waals surface area contributed by atoms with Crippen LogP contribution in [0.5, 0.6) is 0 Å². The van der Waals surface area contributed by atoms with E-state index in [-0.39, 0.29) is 34.5 Å². The van der Waals surface area contributed by atoms with Crippen LogP contribution in [-0.2, 0) is 10.0 Å². The Labute approximate surface area is 142 Å². The maximum atomic E-state index is 12.0. The van der Waals surface area contributed by atoms with Crippen molar-refractivity contribution in [2.75, 3.05) is 0 Å². The first kappa shape index (κ1) is 16.0. The van der Waals surface area contributed by atoms with Gasteiger partial charge in [0.15, 0.2) is 0 Å². The number of nitrogens with zero attached hydrogens (tertiary/aromatic N) is 2. The molecule has 2 aliphatic carbocycles. The second-order valence-electron chi connectivity index (χ2n) is 5.46. The normalized spacial score (nSPS) is 26.6. The predicted molar refractivity (Wildman–Crippen MR) is 74.6 cm³/mol. The quantitative estimate of drug-likeness (QED) is 0.593. The fraction of sp³-hybridized carbons (Fsp3) is 0.500. The van der Waals surface area contributed by atoms with Crippen molar-refractivity contribution in [3.63, 3.8) is 0 Å². The molecule has 2 fully saturated rings. The van der Waals surface area contributed by atoms with Crippen LogP contribution in [0.1, 0.15) is 31.2 Å². The van der Waals surface area contributed by atoms with Crippen LogP contribution in [0.2, 0.25) is 0 Å². The van der Waals surface area contributed by atoms with Gasteiger partial charge in [-0.2, -0.15) is 0 Å². The fourth-order valence-electron chi connectivity index (χ4n) is 2.69. The third kappa shape index (κ3) is 3.45. The van der Waals surface area contributed by atoms with Gasteiger partial charge in [-0.25, -0.2) is 8.42 Å². The van der Waals surface area contributed by atoms with Gasteiger partial charge in [-0.15, -0.1) is 0 Å². The van der Waals surface area contributed by atoms with Crippen LogP contribution < -0.4 is 29.6 Å². The number of hydrogen-bond acceptors (Lipinski definition) is 3. The molecule has 1 aromatic carbocycles. The molecule has 0 radical (unpaired) electrons. The summed E-state index contributed by atoms with van der Waals surface area (Å²) in [6.45, 7) is 1.92. The Morgan fingerprint density at radius 1 is 1.25 bits per heavy atom. The fourth-order valence-corrected chi connectivity index (χ4v) is 3.48. The van der Waals surface area contributed by atoms with Crippen molar-refractivity contribution in [1.82, 2.24) is 0 Å². The third-order valence-electron chi connectivity index (χ3n) is 3.95. The van der Waals surface area contributed by atoms with Gasteiger partial charge in [0.05, 0.1) is 4.90 Å². The van der Waals surface area contributed by atoms with Gasteiger partial charge in [-0.1, -0.05) is 17.7 Å². The van der Waals surface area contributed by atoms with Gasteiger partial charge in [-0.05, 0) is 62.3 Å². The smallest absolute Gasteiger partial charge is 0.491 e. The standard InChI is InChI=1S/C14H17N2O2S.Na/c1-10-5-7-12(8-6-10)19(17,18)16-15-14-4-2-3-11-9-13(11)14;/h5-8,11,13H,2-4,9H2,1H3;/q-1;+1/b15-14-;. The SMILES string of the molecule is Cc1ccc(S(=O)(=O)[N-]/N=C2/CCCC3CC23)cc1.[Na+]. The van der Waals surface area contributed by atoms with E-state index in [9.17, 15) is 8.42 Å². The Kier molecular flexibility index (Phi) is 4.95. The topological polar surface area (TPSA) is 60.6 Å². The van der Waals surface area contributed by atoms with Gasteiger partial charge in [0.2, 0.25) is 0 Å². The summed E-state index contributed by atoms with van der Waals surface area (Å²) in [5, 5.41) is 4.03. The van der Waals surface area contributed by atoms with E-state index in [1.54, 1.807) is 24.3 Å². The number of sulfonamides is 1. The van der Waals surface area contributed by atoms with E-state index in [0.717, 1.165) is 30.0 Å². The van der Waals surface area contributed by atoms with E-state index in [4.69, 9.17) is 0 Å². The van der Waals surface area contributed by atoms with Crippen LogP contribution in [0.25, 0.3) is 4.83 Å². The van der Waals surface area contributed by atoms with Crippen LogP contribution in [0.15, 0.2) is 34.3 Å². The molecule has 0 aromatic heterocycles. The molecule has 2 saturated carbocycles. The van der Waals surface area contributed by atoms with Gasteiger partial charge in [0.25, 0.3) is 0 Å². The van der Waals surface area contributed by atoms with E-state index >= 15 is 0 Å². The van der Waals surface area contributed by atoms with Crippen molar-refractivity contribution in [1.29, 1.82) is 0 Å². The molecule has 2 unspecified atom stereocenters. The van der Waals surface area contributed by atoms with Gasteiger partial charge in [0.1, 0.15) is 10.0 Å². The predicted octanol–water partition coefficient (Wildman–Crippen LogP) is 0.237. The van der Waals surface area contributed by atoms with Crippen molar-refractivity contribution in [2.24, 2.45) is 16.9 Å². The average molecular weight is 300 g/mol. The van der Waals surface area contributed by atoms with Gasteiger partial charge >= 0.3 is 29.6 Å². The summed E-state index contributed by atoms with van der Waals surface area (Å²) in [6, 6.07) is 6.70. The second kappa shape index (κ2) is 6.18. The Balaban J connectivity index is 0.00000147. The van der Waals surface area contributed by atoms with Crippen molar-refractivity contribution in [3.8, 4) is 0 Å². The van der Waals surface area contributed by atoms with Crippen molar-refractivity contribution >= 4 is 15.7 Å². The number of benzene rings is 1. The molecule has 1 aromatic rings. The molecule has 4 nitrogen and oxygen atoms in total. The summed E-state index contributed by atoms with van der Waals surface area (Å²) in [7, 11) is -3.64. The van der Waals surface area contributed by atoms with Crippen LogP contribution in [0.4, 0.5) is 0 Å². The Morgan fingerprint density at radius 2 is 1.95 bits per heavy atom. The van der Waals surface area contributed by atoms with Crippen LogP contribution in [-0.4, -0.2) is 14.1 Å². The minimum absolute atomic E-state index is 0. The molecule has 0 heterocycles. The zero-order valence-electron chi connectivity index (χ0n) is 11.9. The minimum Gasteiger partial charge on any atom is -0.491 e. The molecule has 0 bridgehead atoms. The van der Waals surface area contributed by atoms with Crippen LogP contribution >= 0.6 is 0 Å². The maximum Gasteiger partial charge on any atom is 1.00 e. The molecule has 0 spiro atoms. The van der Waals surface area contributed by atoms with Gasteiger partial charge < -0.3 is 9.93 Å². The number of fused-ring (bicyclic) bond motifs is 1. The summed E-state index contributed by atoms with van der Waals surface area (Å²) in [5.41, 5.74) is 2.00. The molecular formula is C14H17N2NaO2S. The van der Waals surface area contributed by atoms with Crippen LogP contribution in [0.3, 0.4) is 0 Å². The first-order valence-electron chi connectivity index (χ1n) is 6.67. The van der Waals surface area contributed by atoms with Gasteiger partial charge in [-0.3, -0.25) is 0 Å². The molecule has 2 atom stereocenters. The summed E-state index contributed by atoms with van der Waals surface area (Å²) in [5.74, 6) is 1.25. The molecule has 0 N–H and O–H groups in total. The van der Waals surface area contributed by atoms with Crippen molar-refractivity contribution in [3.05, 3.63) is 34.7 Å². The molecule has 20 heavy (non-hydrogen) atoms. The molecular weight excluding hydrogens is 283 g/mol. The van der Waals surface area contributed by atoms with Gasteiger partial charge in [0, 0.05) is 0 Å². The van der Waals surface area contributed by atoms with E-state index in [1.807, 2.05) is 6.92 Å². The third-order valence-corrected chi connectivity index (χ3v) is 5.12. The first-order valence-corrected chi connectivity index (χ1v) is 8.11. The van der Waals surface area contributed by atoms with Crippen molar-refractivity contribution < 1.29 is 38.0 Å². The van der Waals surface area contributed by atoms with E-state index in [0.29, 0.717) is 5.92 Å². The summed E-state index contributed by atoms with van der Waals surface area (Å²) < 4.78 is 24.1. The van der Waals surface area contributed by atoms with E-state index in [2.05, 4.69) is 9.93 Å². The molecule has 2 aliphatic rings. The Morgan fingerprint density at radius 3 is 2.65 bits per heavy atom. The maximum absolute atomic E-state index is 12.0. The van der Waals surface area contributed by atoms with Crippen LogP contribution in [0, 0.1) is 18.8 Å². The molecule has 3 rings (SSSR count). The summed E-state index contributed by atoms with van der Waals surface area (Å²) in [6.07, 6.45) is 4.43.